The minimum atomic E-state index is -0.970. The van der Waals surface area contributed by atoms with Gasteiger partial charge in [-0.2, -0.15) is 0 Å². The third kappa shape index (κ3) is 3.40. The number of nitrogens with zero attached hydrogens (tertiary/aromatic N) is 2. The number of aromatic carboxylic acids is 1. The van der Waals surface area contributed by atoms with Crippen LogP contribution in [-0.2, 0) is 17.7 Å². The fraction of sp³-hybridized carbons (Fsp3) is 0.316. The molecule has 0 radical (unpaired) electrons. The van der Waals surface area contributed by atoms with Crippen LogP contribution < -0.4 is 5.56 Å². The predicted octanol–water partition coefficient (Wildman–Crippen LogP) is 3.01. The molecule has 26 heavy (non-hydrogen) atoms. The fourth-order valence-electron chi connectivity index (χ4n) is 2.85. The van der Waals surface area contributed by atoms with E-state index in [9.17, 15) is 9.59 Å². The summed E-state index contributed by atoms with van der Waals surface area (Å²) in [4.78, 5) is 30.7. The lowest BCUT2D eigenvalue weighted by atomic mass is 10.1. The molecule has 0 fully saturated rings. The highest BCUT2D eigenvalue weighted by atomic mass is 32.1. The number of methoxy groups -OCH3 is 1. The quantitative estimate of drug-likeness (QED) is 0.719. The van der Waals surface area contributed by atoms with Crippen LogP contribution in [0.2, 0.25) is 0 Å². The van der Waals surface area contributed by atoms with Gasteiger partial charge in [0.2, 0.25) is 0 Å². The number of thiophene rings is 1. The molecule has 0 saturated heterocycles. The summed E-state index contributed by atoms with van der Waals surface area (Å²) in [7, 11) is 1.62. The van der Waals surface area contributed by atoms with Crippen LogP contribution in [0, 0.1) is 13.8 Å². The summed E-state index contributed by atoms with van der Waals surface area (Å²) in [5.74, 6) is -0.296. The first-order chi connectivity index (χ1) is 12.4. The lowest BCUT2D eigenvalue weighted by Crippen LogP contribution is -2.26. The van der Waals surface area contributed by atoms with Crippen LogP contribution in [0.15, 0.2) is 29.1 Å². The minimum absolute atomic E-state index is 0.0646. The van der Waals surface area contributed by atoms with Gasteiger partial charge in [-0.05, 0) is 37.1 Å². The Labute approximate surface area is 154 Å². The summed E-state index contributed by atoms with van der Waals surface area (Å²) in [5.41, 5.74) is 1.97. The van der Waals surface area contributed by atoms with E-state index in [1.807, 2.05) is 13.8 Å². The van der Waals surface area contributed by atoms with Gasteiger partial charge in [0.15, 0.2) is 0 Å². The van der Waals surface area contributed by atoms with E-state index in [0.29, 0.717) is 30.8 Å². The number of fused-ring (bicyclic) bond motifs is 1. The Morgan fingerprint density at radius 1 is 1.27 bits per heavy atom. The second-order valence-electron chi connectivity index (χ2n) is 6.13. The van der Waals surface area contributed by atoms with E-state index >= 15 is 0 Å². The van der Waals surface area contributed by atoms with E-state index in [-0.39, 0.29) is 11.1 Å². The largest absolute Gasteiger partial charge is 0.478 e. The molecule has 6 nitrogen and oxygen atoms in total. The van der Waals surface area contributed by atoms with E-state index in [4.69, 9.17) is 14.8 Å². The zero-order valence-corrected chi connectivity index (χ0v) is 15.7. The van der Waals surface area contributed by atoms with Crippen molar-refractivity contribution in [2.75, 3.05) is 13.7 Å². The molecule has 0 saturated carbocycles. The molecule has 1 aromatic carbocycles. The maximum atomic E-state index is 13.1. The minimum Gasteiger partial charge on any atom is -0.478 e. The van der Waals surface area contributed by atoms with Crippen LogP contribution in [0.1, 0.15) is 32.2 Å². The molecule has 0 bridgehead atoms. The average molecular weight is 372 g/mol. The van der Waals surface area contributed by atoms with Gasteiger partial charge in [0, 0.05) is 18.4 Å². The lowest BCUT2D eigenvalue weighted by molar-refractivity contribution is 0.0697. The average Bonchev–Trinajstić information content (AvgIpc) is 2.90. The number of carbonyl (C=O) groups is 1. The van der Waals surface area contributed by atoms with E-state index in [1.54, 1.807) is 35.9 Å². The van der Waals surface area contributed by atoms with Crippen LogP contribution >= 0.6 is 11.3 Å². The van der Waals surface area contributed by atoms with Gasteiger partial charge in [-0.15, -0.1) is 11.3 Å². The number of aromatic nitrogens is 2. The van der Waals surface area contributed by atoms with Crippen molar-refractivity contribution in [1.29, 1.82) is 0 Å². The summed E-state index contributed by atoms with van der Waals surface area (Å²) >= 11 is 1.53. The van der Waals surface area contributed by atoms with E-state index in [1.165, 1.54) is 11.3 Å². The van der Waals surface area contributed by atoms with Crippen molar-refractivity contribution in [2.24, 2.45) is 0 Å². The molecule has 0 aliphatic carbocycles. The highest BCUT2D eigenvalue weighted by Gasteiger charge is 2.16. The Morgan fingerprint density at radius 2 is 1.96 bits per heavy atom. The van der Waals surface area contributed by atoms with Crippen molar-refractivity contribution in [1.82, 2.24) is 9.55 Å². The van der Waals surface area contributed by atoms with Crippen LogP contribution in [0.25, 0.3) is 10.2 Å². The highest BCUT2D eigenvalue weighted by Crippen LogP contribution is 2.26. The molecule has 2 heterocycles. The number of benzene rings is 1. The number of hydrogen-bond acceptors (Lipinski definition) is 5. The zero-order chi connectivity index (χ0) is 18.8. The van der Waals surface area contributed by atoms with Crippen molar-refractivity contribution in [3.63, 3.8) is 0 Å². The second-order valence-corrected chi connectivity index (χ2v) is 7.33. The normalized spacial score (nSPS) is 11.2. The summed E-state index contributed by atoms with van der Waals surface area (Å²) in [5, 5.41) is 9.69. The molecule has 2 aromatic heterocycles. The van der Waals surface area contributed by atoms with Gasteiger partial charge < -0.3 is 9.84 Å². The summed E-state index contributed by atoms with van der Waals surface area (Å²) in [6.07, 6.45) is 0.533. The van der Waals surface area contributed by atoms with Gasteiger partial charge >= 0.3 is 5.97 Å². The molecular formula is C19H20N2O4S. The summed E-state index contributed by atoms with van der Waals surface area (Å²) < 4.78 is 6.82. The Morgan fingerprint density at radius 3 is 2.58 bits per heavy atom. The van der Waals surface area contributed by atoms with E-state index in [2.05, 4.69) is 0 Å². The van der Waals surface area contributed by atoms with Gasteiger partial charge in [-0.25, -0.2) is 9.78 Å². The standard InChI is InChI=1S/C19H20N2O4S/c1-11-12(2)26-17-16(11)18(22)21(15(20-17)8-9-25-3)10-13-4-6-14(7-5-13)19(23)24/h4-7H,8-10H2,1-3H3,(H,23,24). The number of aryl methyl sites for hydroxylation is 2. The third-order valence-electron chi connectivity index (χ3n) is 4.44. The molecule has 3 aromatic rings. The van der Waals surface area contributed by atoms with Crippen molar-refractivity contribution in [3.8, 4) is 0 Å². The molecule has 7 heteroatoms. The van der Waals surface area contributed by atoms with Crippen molar-refractivity contribution >= 4 is 27.5 Å². The first kappa shape index (κ1) is 18.3. The highest BCUT2D eigenvalue weighted by molar-refractivity contribution is 7.18. The molecule has 1 N–H and O–H groups in total. The first-order valence-corrected chi connectivity index (χ1v) is 9.04. The van der Waals surface area contributed by atoms with Gasteiger partial charge in [-0.1, -0.05) is 12.1 Å². The van der Waals surface area contributed by atoms with Crippen molar-refractivity contribution < 1.29 is 14.6 Å². The molecule has 0 aliphatic heterocycles. The predicted molar refractivity (Wildman–Crippen MR) is 101 cm³/mol. The van der Waals surface area contributed by atoms with Crippen molar-refractivity contribution in [3.05, 3.63) is 62.0 Å². The van der Waals surface area contributed by atoms with Crippen LogP contribution in [0.5, 0.6) is 0 Å². The Bertz CT molecular complexity index is 1020. The zero-order valence-electron chi connectivity index (χ0n) is 14.9. The maximum absolute atomic E-state index is 13.1. The SMILES string of the molecule is COCCc1nc2sc(C)c(C)c2c(=O)n1Cc1ccc(C(=O)O)cc1. The van der Waals surface area contributed by atoms with Crippen molar-refractivity contribution in [2.45, 2.75) is 26.8 Å². The molecule has 0 aliphatic rings. The lowest BCUT2D eigenvalue weighted by Gasteiger charge is -2.13. The van der Waals surface area contributed by atoms with Crippen LogP contribution in [0.4, 0.5) is 0 Å². The molecule has 0 atom stereocenters. The topological polar surface area (TPSA) is 81.4 Å². The molecular weight excluding hydrogens is 352 g/mol. The van der Waals surface area contributed by atoms with Gasteiger partial charge in [0.25, 0.3) is 5.56 Å². The molecule has 0 unspecified atom stereocenters. The number of carboxylic acids is 1. The fourth-order valence-corrected chi connectivity index (χ4v) is 3.89. The van der Waals surface area contributed by atoms with Gasteiger partial charge in [-0.3, -0.25) is 9.36 Å². The van der Waals surface area contributed by atoms with Crippen LogP contribution in [-0.4, -0.2) is 34.3 Å². The molecule has 3 rings (SSSR count). The van der Waals surface area contributed by atoms with E-state index in [0.717, 1.165) is 20.8 Å². The van der Waals surface area contributed by atoms with Crippen LogP contribution in [0.3, 0.4) is 0 Å². The second kappa shape index (κ2) is 7.39. The summed E-state index contributed by atoms with van der Waals surface area (Å²) in [6.45, 7) is 4.75. The molecule has 0 amide bonds. The monoisotopic (exact) mass is 372 g/mol. The molecule has 136 valence electrons. The first-order valence-electron chi connectivity index (χ1n) is 8.23. The Kier molecular flexibility index (Phi) is 5.20. The Hall–Kier alpha value is -2.51. The van der Waals surface area contributed by atoms with Gasteiger partial charge in [0.1, 0.15) is 10.7 Å². The number of carboxylic acid groups (broad SMARTS) is 1. The maximum Gasteiger partial charge on any atom is 0.335 e. The Balaban J connectivity index is 2.09. The molecule has 0 spiro atoms. The number of ether oxygens (including phenoxy) is 1. The van der Waals surface area contributed by atoms with E-state index < -0.39 is 5.97 Å². The smallest absolute Gasteiger partial charge is 0.335 e. The summed E-state index contributed by atoms with van der Waals surface area (Å²) in [6, 6.07) is 6.55. The number of rotatable bonds is 6. The third-order valence-corrected chi connectivity index (χ3v) is 5.54. The number of hydrogen-bond donors (Lipinski definition) is 1. The van der Waals surface area contributed by atoms with Gasteiger partial charge in [0.05, 0.1) is 24.1 Å².